The number of imidazole rings is 1. The van der Waals surface area contributed by atoms with Gasteiger partial charge in [0.1, 0.15) is 11.9 Å². The van der Waals surface area contributed by atoms with Gasteiger partial charge in [-0.2, -0.15) is 0 Å². The van der Waals surface area contributed by atoms with E-state index in [1.54, 1.807) is 25.4 Å². The van der Waals surface area contributed by atoms with Gasteiger partial charge in [-0.15, -0.1) is 0 Å². The second-order valence-corrected chi connectivity index (χ2v) is 4.40. The molecule has 0 amide bonds. The van der Waals surface area contributed by atoms with Crippen molar-refractivity contribution in [3.8, 4) is 17.2 Å². The molecule has 114 valence electrons. The first-order valence-corrected chi connectivity index (χ1v) is 6.65. The number of aliphatic hydroxyl groups excluding tert-OH is 1. The summed E-state index contributed by atoms with van der Waals surface area (Å²) < 4.78 is 17.9. The van der Waals surface area contributed by atoms with Crippen molar-refractivity contribution in [1.82, 2.24) is 9.55 Å². The van der Waals surface area contributed by atoms with E-state index in [2.05, 4.69) is 4.98 Å². The molecule has 0 aliphatic carbocycles. The zero-order chi connectivity index (χ0) is 15.4. The van der Waals surface area contributed by atoms with E-state index in [4.69, 9.17) is 14.2 Å². The molecule has 1 atom stereocenters. The van der Waals surface area contributed by atoms with Crippen LogP contribution in [0.5, 0.6) is 17.2 Å². The largest absolute Gasteiger partial charge is 0.493 e. The Kier molecular flexibility index (Phi) is 4.70. The maximum Gasteiger partial charge on any atom is 0.203 e. The lowest BCUT2D eigenvalue weighted by molar-refractivity contribution is 0.198. The van der Waals surface area contributed by atoms with Crippen LogP contribution in [0, 0.1) is 0 Å². The maximum atomic E-state index is 10.6. The van der Waals surface area contributed by atoms with Crippen molar-refractivity contribution in [2.24, 2.45) is 0 Å². The predicted molar refractivity (Wildman–Crippen MR) is 78.1 cm³/mol. The first-order chi connectivity index (χ1) is 10.2. The third-order valence-electron chi connectivity index (χ3n) is 3.36. The van der Waals surface area contributed by atoms with Crippen LogP contribution in [-0.2, 0) is 6.54 Å². The van der Waals surface area contributed by atoms with E-state index < -0.39 is 6.10 Å². The second kappa shape index (κ2) is 6.49. The number of hydrogen-bond donors (Lipinski definition) is 1. The number of nitrogens with zero attached hydrogens (tertiary/aromatic N) is 2. The first kappa shape index (κ1) is 15.2. The number of benzene rings is 1. The Bertz CT molecular complexity index is 610. The molecule has 0 spiro atoms. The number of methoxy groups -OCH3 is 3. The fourth-order valence-electron chi connectivity index (χ4n) is 2.31. The van der Waals surface area contributed by atoms with Gasteiger partial charge in [0.25, 0.3) is 0 Å². The molecule has 1 unspecified atom stereocenters. The van der Waals surface area contributed by atoms with Gasteiger partial charge in [-0.1, -0.05) is 0 Å². The van der Waals surface area contributed by atoms with Gasteiger partial charge in [0.2, 0.25) is 5.75 Å². The van der Waals surface area contributed by atoms with Crippen LogP contribution < -0.4 is 14.2 Å². The molecule has 1 aromatic carbocycles. The molecule has 6 heteroatoms. The van der Waals surface area contributed by atoms with Crippen molar-refractivity contribution in [1.29, 1.82) is 0 Å². The highest BCUT2D eigenvalue weighted by molar-refractivity contribution is 5.57. The zero-order valence-corrected chi connectivity index (χ0v) is 12.7. The lowest BCUT2D eigenvalue weighted by Gasteiger charge is -2.19. The molecule has 0 radical (unpaired) electrons. The fraction of sp³-hybridized carbons (Fsp3) is 0.400. The molecule has 2 rings (SSSR count). The summed E-state index contributed by atoms with van der Waals surface area (Å²) in [7, 11) is 4.61. The Hall–Kier alpha value is -2.21. The van der Waals surface area contributed by atoms with Crippen LogP contribution in [0.25, 0.3) is 0 Å². The third kappa shape index (κ3) is 2.67. The van der Waals surface area contributed by atoms with E-state index in [0.29, 0.717) is 28.6 Å². The fourth-order valence-corrected chi connectivity index (χ4v) is 2.31. The topological polar surface area (TPSA) is 65.7 Å². The SMILES string of the molecule is CCn1ccnc1C(O)c1ccc(OC)c(OC)c1OC. The minimum atomic E-state index is -0.908. The molecule has 0 aliphatic rings. The quantitative estimate of drug-likeness (QED) is 0.882. The van der Waals surface area contributed by atoms with Crippen LogP contribution in [0.3, 0.4) is 0 Å². The molecule has 0 fully saturated rings. The first-order valence-electron chi connectivity index (χ1n) is 6.65. The summed E-state index contributed by atoms with van der Waals surface area (Å²) in [6.07, 6.45) is 2.58. The van der Waals surface area contributed by atoms with E-state index in [-0.39, 0.29) is 0 Å². The van der Waals surface area contributed by atoms with Gasteiger partial charge in [0.15, 0.2) is 11.5 Å². The summed E-state index contributed by atoms with van der Waals surface area (Å²) in [4.78, 5) is 4.22. The van der Waals surface area contributed by atoms with E-state index in [1.807, 2.05) is 17.7 Å². The van der Waals surface area contributed by atoms with Crippen LogP contribution in [-0.4, -0.2) is 36.0 Å². The van der Waals surface area contributed by atoms with Crippen molar-refractivity contribution in [2.75, 3.05) is 21.3 Å². The minimum absolute atomic E-state index is 0.440. The summed E-state index contributed by atoms with van der Waals surface area (Å²) in [5.74, 6) is 1.99. The van der Waals surface area contributed by atoms with E-state index in [9.17, 15) is 5.11 Å². The third-order valence-corrected chi connectivity index (χ3v) is 3.36. The molecule has 1 N–H and O–H groups in total. The summed E-state index contributed by atoms with van der Waals surface area (Å²) in [5.41, 5.74) is 0.580. The van der Waals surface area contributed by atoms with Crippen LogP contribution in [0.15, 0.2) is 24.5 Å². The smallest absolute Gasteiger partial charge is 0.203 e. The average molecular weight is 292 g/mol. The molecule has 6 nitrogen and oxygen atoms in total. The summed E-state index contributed by atoms with van der Waals surface area (Å²) in [6.45, 7) is 2.71. The van der Waals surface area contributed by atoms with Crippen LogP contribution >= 0.6 is 0 Å². The van der Waals surface area contributed by atoms with E-state index >= 15 is 0 Å². The van der Waals surface area contributed by atoms with Crippen LogP contribution in [0.2, 0.25) is 0 Å². The Labute approximate surface area is 123 Å². The van der Waals surface area contributed by atoms with Gasteiger partial charge in [-0.3, -0.25) is 0 Å². The molecule has 2 aromatic rings. The molecule has 0 bridgehead atoms. The highest BCUT2D eigenvalue weighted by Gasteiger charge is 2.24. The molecule has 0 saturated carbocycles. The zero-order valence-electron chi connectivity index (χ0n) is 12.7. The predicted octanol–water partition coefficient (Wildman–Crippen LogP) is 2.01. The second-order valence-electron chi connectivity index (χ2n) is 4.40. The Morgan fingerprint density at radius 3 is 2.43 bits per heavy atom. The van der Waals surface area contributed by atoms with Crippen molar-refractivity contribution in [3.63, 3.8) is 0 Å². The monoisotopic (exact) mass is 292 g/mol. The highest BCUT2D eigenvalue weighted by Crippen LogP contribution is 2.43. The average Bonchev–Trinajstić information content (AvgIpc) is 3.00. The normalized spacial score (nSPS) is 12.0. The lowest BCUT2D eigenvalue weighted by Crippen LogP contribution is -2.10. The Morgan fingerprint density at radius 2 is 1.86 bits per heavy atom. The van der Waals surface area contributed by atoms with Crippen LogP contribution in [0.1, 0.15) is 24.4 Å². The number of aromatic nitrogens is 2. The van der Waals surface area contributed by atoms with Gasteiger partial charge >= 0.3 is 0 Å². The van der Waals surface area contributed by atoms with Crippen molar-refractivity contribution >= 4 is 0 Å². The standard InChI is InChI=1S/C15H20N2O4/c1-5-17-9-8-16-15(17)12(18)10-6-7-11(19-2)14(21-4)13(10)20-3/h6-9,12,18H,5H2,1-4H3. The summed E-state index contributed by atoms with van der Waals surface area (Å²) in [6, 6.07) is 3.48. The molecule has 0 aliphatic heterocycles. The minimum Gasteiger partial charge on any atom is -0.493 e. The number of aryl methyl sites for hydroxylation is 1. The van der Waals surface area contributed by atoms with Crippen molar-refractivity contribution in [2.45, 2.75) is 19.6 Å². The van der Waals surface area contributed by atoms with Gasteiger partial charge < -0.3 is 23.9 Å². The van der Waals surface area contributed by atoms with Crippen molar-refractivity contribution in [3.05, 3.63) is 35.9 Å². The van der Waals surface area contributed by atoms with Gasteiger partial charge in [0.05, 0.1) is 21.3 Å². The van der Waals surface area contributed by atoms with Crippen LogP contribution in [0.4, 0.5) is 0 Å². The van der Waals surface area contributed by atoms with Crippen molar-refractivity contribution < 1.29 is 19.3 Å². The molecule has 21 heavy (non-hydrogen) atoms. The van der Waals surface area contributed by atoms with E-state index in [1.165, 1.54) is 14.2 Å². The van der Waals surface area contributed by atoms with Gasteiger partial charge in [0, 0.05) is 24.5 Å². The lowest BCUT2D eigenvalue weighted by atomic mass is 10.1. The molecule has 0 saturated heterocycles. The van der Waals surface area contributed by atoms with Gasteiger partial charge in [-0.05, 0) is 19.1 Å². The number of hydrogen-bond acceptors (Lipinski definition) is 5. The summed E-state index contributed by atoms with van der Waals surface area (Å²) >= 11 is 0. The Balaban J connectivity index is 2.53. The summed E-state index contributed by atoms with van der Waals surface area (Å²) in [5, 5.41) is 10.6. The van der Waals surface area contributed by atoms with E-state index in [0.717, 1.165) is 6.54 Å². The number of rotatable bonds is 6. The highest BCUT2D eigenvalue weighted by atomic mass is 16.5. The number of aliphatic hydroxyl groups is 1. The maximum absolute atomic E-state index is 10.6. The number of ether oxygens (including phenoxy) is 3. The van der Waals surface area contributed by atoms with Gasteiger partial charge in [-0.25, -0.2) is 4.98 Å². The molecular formula is C15H20N2O4. The molecule has 1 aromatic heterocycles. The molecular weight excluding hydrogens is 272 g/mol. The molecule has 1 heterocycles. The Morgan fingerprint density at radius 1 is 1.14 bits per heavy atom.